The van der Waals surface area contributed by atoms with Crippen LogP contribution in [0.1, 0.15) is 33.1 Å². The Kier molecular flexibility index (Phi) is 3.88. The number of epoxide rings is 1. The van der Waals surface area contributed by atoms with E-state index in [-0.39, 0.29) is 17.6 Å². The minimum absolute atomic E-state index is 0.149. The van der Waals surface area contributed by atoms with Crippen molar-refractivity contribution in [3.8, 4) is 0 Å². The lowest BCUT2D eigenvalue weighted by Gasteiger charge is -2.52. The first-order valence-corrected chi connectivity index (χ1v) is 8.17. The van der Waals surface area contributed by atoms with E-state index in [1.807, 2.05) is 6.92 Å². The highest BCUT2D eigenvalue weighted by Gasteiger charge is 2.75. The van der Waals surface area contributed by atoms with Crippen LogP contribution in [0.3, 0.4) is 0 Å². The van der Waals surface area contributed by atoms with Crippen molar-refractivity contribution in [3.05, 3.63) is 24.3 Å². The zero-order chi connectivity index (χ0) is 17.9. The van der Waals surface area contributed by atoms with Crippen molar-refractivity contribution < 1.29 is 28.9 Å². The molecule has 2 saturated carbocycles. The van der Waals surface area contributed by atoms with E-state index in [4.69, 9.17) is 14.2 Å². The smallest absolute Gasteiger partial charge is 0.336 e. The van der Waals surface area contributed by atoms with Gasteiger partial charge in [-0.05, 0) is 19.3 Å². The monoisotopic (exact) mass is 336 g/mol. The van der Waals surface area contributed by atoms with Gasteiger partial charge in [0.05, 0.1) is 24.9 Å². The maximum Gasteiger partial charge on any atom is 0.336 e. The summed E-state index contributed by atoms with van der Waals surface area (Å²) in [6, 6.07) is 0. The topological polar surface area (TPSA) is 85.4 Å². The molecule has 3 fully saturated rings. The summed E-state index contributed by atoms with van der Waals surface area (Å²) in [6.07, 6.45) is 0.190. The molecule has 3 rings (SSSR count). The van der Waals surface area contributed by atoms with Crippen LogP contribution >= 0.6 is 0 Å². The lowest BCUT2D eigenvalue weighted by atomic mass is 9.53. The normalized spacial score (nSPS) is 43.2. The quantitative estimate of drug-likeness (QED) is 0.364. The summed E-state index contributed by atoms with van der Waals surface area (Å²) in [5.41, 5.74) is -0.546. The van der Waals surface area contributed by atoms with Crippen molar-refractivity contribution in [2.24, 2.45) is 11.3 Å². The van der Waals surface area contributed by atoms with Gasteiger partial charge >= 0.3 is 11.9 Å². The summed E-state index contributed by atoms with van der Waals surface area (Å²) >= 11 is 0. The zero-order valence-electron chi connectivity index (χ0n) is 14.3. The lowest BCUT2D eigenvalue weighted by Crippen LogP contribution is -2.59. The van der Waals surface area contributed by atoms with Crippen LogP contribution in [0, 0.1) is 11.3 Å². The summed E-state index contributed by atoms with van der Waals surface area (Å²) in [5, 5.41) is 10.6. The van der Waals surface area contributed by atoms with E-state index in [0.29, 0.717) is 19.3 Å². The van der Waals surface area contributed by atoms with E-state index in [1.54, 1.807) is 0 Å². The van der Waals surface area contributed by atoms with E-state index >= 15 is 0 Å². The molecule has 0 bridgehead atoms. The first-order valence-electron chi connectivity index (χ1n) is 8.17. The number of hydrogen-bond acceptors (Lipinski definition) is 6. The number of methoxy groups -OCH3 is 1. The molecular formula is C18H24O6. The lowest BCUT2D eigenvalue weighted by molar-refractivity contribution is -0.164. The third-order valence-corrected chi connectivity index (χ3v) is 5.96. The second kappa shape index (κ2) is 5.43. The van der Waals surface area contributed by atoms with E-state index in [1.165, 1.54) is 14.0 Å². The molecule has 1 aliphatic heterocycles. The van der Waals surface area contributed by atoms with Gasteiger partial charge in [0.1, 0.15) is 6.10 Å². The number of fused-ring (bicyclic) bond motifs is 2. The fourth-order valence-corrected chi connectivity index (χ4v) is 4.65. The number of aliphatic hydroxyl groups excluding tert-OH is 1. The molecule has 3 aliphatic rings. The summed E-state index contributed by atoms with van der Waals surface area (Å²) in [5.74, 6) is -1.35. The van der Waals surface area contributed by atoms with Gasteiger partial charge in [-0.15, -0.1) is 0 Å². The number of esters is 2. The third-order valence-electron chi connectivity index (χ3n) is 5.96. The van der Waals surface area contributed by atoms with Crippen molar-refractivity contribution in [1.82, 2.24) is 0 Å². The summed E-state index contributed by atoms with van der Waals surface area (Å²) in [4.78, 5) is 23.8. The molecule has 0 aromatic rings. The zero-order valence-corrected chi connectivity index (χ0v) is 14.3. The van der Waals surface area contributed by atoms with Crippen LogP contribution in [0.15, 0.2) is 24.3 Å². The molecule has 0 aromatic carbocycles. The highest BCUT2D eigenvalue weighted by atomic mass is 16.7. The highest BCUT2D eigenvalue weighted by Crippen LogP contribution is 2.64. The predicted octanol–water partition coefficient (Wildman–Crippen LogP) is 1.52. The average Bonchev–Trinajstić information content (AvgIpc) is 3.24. The fraction of sp³-hybridized carbons (Fsp3) is 0.667. The Morgan fingerprint density at radius 3 is 2.67 bits per heavy atom. The Hall–Kier alpha value is -1.66. The van der Waals surface area contributed by atoms with Crippen LogP contribution < -0.4 is 0 Å². The second-order valence-corrected chi connectivity index (χ2v) is 7.30. The minimum Gasteiger partial charge on any atom is -0.466 e. The van der Waals surface area contributed by atoms with Crippen LogP contribution in [-0.4, -0.2) is 48.1 Å². The predicted molar refractivity (Wildman–Crippen MR) is 84.9 cm³/mol. The molecular weight excluding hydrogens is 312 g/mol. The van der Waals surface area contributed by atoms with Gasteiger partial charge in [0.15, 0.2) is 5.60 Å². The number of carbonyl (C=O) groups is 2. The van der Waals surface area contributed by atoms with Gasteiger partial charge in [-0.3, -0.25) is 4.79 Å². The molecule has 132 valence electrons. The molecule has 0 amide bonds. The first kappa shape index (κ1) is 17.2. The maximum atomic E-state index is 12.0. The largest absolute Gasteiger partial charge is 0.466 e. The second-order valence-electron chi connectivity index (χ2n) is 7.30. The van der Waals surface area contributed by atoms with E-state index in [9.17, 15) is 14.7 Å². The Morgan fingerprint density at radius 2 is 2.08 bits per heavy atom. The number of hydrogen-bond donors (Lipinski definition) is 1. The van der Waals surface area contributed by atoms with Crippen molar-refractivity contribution >= 4 is 11.9 Å². The SMILES string of the molecule is C=C1CCC(O)C2(C)CC3OC3(C(=C)C(=O)OC)C(OC(C)=O)C12. The molecule has 6 atom stereocenters. The molecule has 24 heavy (non-hydrogen) atoms. The molecule has 0 aromatic heterocycles. The van der Waals surface area contributed by atoms with Crippen LogP contribution in [0.4, 0.5) is 0 Å². The molecule has 1 N–H and O–H groups in total. The van der Waals surface area contributed by atoms with Gasteiger partial charge in [0.2, 0.25) is 0 Å². The first-order chi connectivity index (χ1) is 11.2. The van der Waals surface area contributed by atoms with Gasteiger partial charge < -0.3 is 19.3 Å². The molecule has 0 radical (unpaired) electrons. The third kappa shape index (κ3) is 2.16. The Morgan fingerprint density at radius 1 is 1.42 bits per heavy atom. The maximum absolute atomic E-state index is 12.0. The van der Waals surface area contributed by atoms with Crippen molar-refractivity contribution in [3.63, 3.8) is 0 Å². The van der Waals surface area contributed by atoms with Crippen LogP contribution in [0.25, 0.3) is 0 Å². The molecule has 1 heterocycles. The standard InChI is InChI=1S/C18H24O6/c1-9-6-7-12(20)17(4)8-13-18(24-13,10(2)16(21)22-5)15(14(9)17)23-11(3)19/h12-15,20H,1-2,6-8H2,3-5H3. The van der Waals surface area contributed by atoms with Crippen LogP contribution in [-0.2, 0) is 23.8 Å². The van der Waals surface area contributed by atoms with E-state index in [0.717, 1.165) is 5.57 Å². The van der Waals surface area contributed by atoms with Gasteiger partial charge in [-0.2, -0.15) is 0 Å². The summed E-state index contributed by atoms with van der Waals surface area (Å²) in [6.45, 7) is 11.3. The molecule has 6 nitrogen and oxygen atoms in total. The van der Waals surface area contributed by atoms with Crippen LogP contribution in [0.5, 0.6) is 0 Å². The molecule has 0 spiro atoms. The summed E-state index contributed by atoms with van der Waals surface area (Å²) < 4.78 is 16.3. The molecule has 6 heteroatoms. The Balaban J connectivity index is 2.06. The summed E-state index contributed by atoms with van der Waals surface area (Å²) in [7, 11) is 1.28. The molecule has 1 saturated heterocycles. The molecule has 6 unspecified atom stereocenters. The number of aliphatic hydroxyl groups is 1. The molecule has 2 aliphatic carbocycles. The van der Waals surface area contributed by atoms with E-state index in [2.05, 4.69) is 13.2 Å². The van der Waals surface area contributed by atoms with Crippen molar-refractivity contribution in [1.29, 1.82) is 0 Å². The van der Waals surface area contributed by atoms with E-state index < -0.39 is 35.2 Å². The fourth-order valence-electron chi connectivity index (χ4n) is 4.65. The van der Waals surface area contributed by atoms with Crippen molar-refractivity contribution in [2.45, 2.75) is 57.0 Å². The van der Waals surface area contributed by atoms with Crippen LogP contribution in [0.2, 0.25) is 0 Å². The van der Waals surface area contributed by atoms with Gasteiger partial charge in [0.25, 0.3) is 0 Å². The number of carbonyl (C=O) groups excluding carboxylic acids is 2. The Bertz CT molecular complexity index is 625. The Labute approximate surface area is 141 Å². The highest BCUT2D eigenvalue weighted by molar-refractivity contribution is 5.91. The minimum atomic E-state index is -1.08. The van der Waals surface area contributed by atoms with Gasteiger partial charge in [-0.25, -0.2) is 4.79 Å². The van der Waals surface area contributed by atoms with Gasteiger partial charge in [-0.1, -0.05) is 25.7 Å². The average molecular weight is 336 g/mol. The van der Waals surface area contributed by atoms with Crippen molar-refractivity contribution in [2.75, 3.05) is 7.11 Å². The van der Waals surface area contributed by atoms with Gasteiger partial charge in [0, 0.05) is 18.3 Å². The number of ether oxygens (including phenoxy) is 3. The number of rotatable bonds is 3.